The first-order valence-corrected chi connectivity index (χ1v) is 13.8. The first kappa shape index (κ1) is 31.1. The second-order valence-corrected chi connectivity index (χ2v) is 10.2. The summed E-state index contributed by atoms with van der Waals surface area (Å²) in [6.45, 7) is 6.98. The smallest absolute Gasteiger partial charge is 0.251 e. The highest BCUT2D eigenvalue weighted by molar-refractivity contribution is 5.94. The molecule has 8 heteroatoms. The maximum atomic E-state index is 12.3. The van der Waals surface area contributed by atoms with Crippen LogP contribution in [0.15, 0.2) is 66.7 Å². The number of nitrogens with one attached hydrogen (secondary N) is 2. The minimum absolute atomic E-state index is 0.0203. The van der Waals surface area contributed by atoms with Crippen LogP contribution in [0.25, 0.3) is 0 Å². The molecule has 0 spiro atoms. The second kappa shape index (κ2) is 16.6. The van der Waals surface area contributed by atoms with E-state index in [0.29, 0.717) is 62.1 Å². The Kier molecular flexibility index (Phi) is 12.9. The fourth-order valence-electron chi connectivity index (χ4n) is 4.07. The van der Waals surface area contributed by atoms with E-state index >= 15 is 0 Å². The molecule has 216 valence electrons. The van der Waals surface area contributed by atoms with Crippen molar-refractivity contribution in [2.24, 2.45) is 5.92 Å². The van der Waals surface area contributed by atoms with Gasteiger partial charge in [-0.05, 0) is 78.4 Å². The van der Waals surface area contributed by atoms with Crippen LogP contribution >= 0.6 is 0 Å². The summed E-state index contributed by atoms with van der Waals surface area (Å²) in [5, 5.41) is 35.5. The lowest BCUT2D eigenvalue weighted by atomic mass is 10.1. The first-order chi connectivity index (χ1) is 19.4. The number of amides is 1. The standard InChI is InChI=1S/C32H42N2O6/c1-23(2)12-15-34-32(38)27-5-3-4-25(18-27)22-39-16-17-40-29-9-6-24(7-10-29)13-14-33-20-31(37)26-8-11-30(36)28(19-26)21-35/h3-11,18-19,23,31,33,35-37H,12-17,20-22H2,1-2H3,(H,34,38)/t31-/m0/s1. The zero-order chi connectivity index (χ0) is 28.7. The van der Waals surface area contributed by atoms with Gasteiger partial charge in [-0.2, -0.15) is 0 Å². The molecule has 0 fully saturated rings. The zero-order valence-corrected chi connectivity index (χ0v) is 23.4. The maximum Gasteiger partial charge on any atom is 0.251 e. The molecule has 1 amide bonds. The number of ether oxygens (including phenoxy) is 2. The topological polar surface area (TPSA) is 120 Å². The van der Waals surface area contributed by atoms with E-state index in [2.05, 4.69) is 24.5 Å². The third-order valence-electron chi connectivity index (χ3n) is 6.47. The molecule has 1 atom stereocenters. The van der Waals surface area contributed by atoms with Crippen molar-refractivity contribution in [3.8, 4) is 11.5 Å². The summed E-state index contributed by atoms with van der Waals surface area (Å²) < 4.78 is 11.5. The van der Waals surface area contributed by atoms with Crippen LogP contribution in [0.4, 0.5) is 0 Å². The van der Waals surface area contributed by atoms with Crippen LogP contribution in [-0.4, -0.2) is 54.1 Å². The molecule has 0 aromatic heterocycles. The quantitative estimate of drug-likeness (QED) is 0.160. The molecule has 0 bridgehead atoms. The van der Waals surface area contributed by atoms with E-state index in [1.54, 1.807) is 12.1 Å². The summed E-state index contributed by atoms with van der Waals surface area (Å²) in [6, 6.07) is 20.1. The molecular weight excluding hydrogens is 508 g/mol. The van der Waals surface area contributed by atoms with Crippen LogP contribution in [0.3, 0.4) is 0 Å². The van der Waals surface area contributed by atoms with Gasteiger partial charge in [0.1, 0.15) is 18.1 Å². The summed E-state index contributed by atoms with van der Waals surface area (Å²) >= 11 is 0. The summed E-state index contributed by atoms with van der Waals surface area (Å²) in [5.41, 5.74) is 3.77. The molecule has 0 unspecified atom stereocenters. The minimum atomic E-state index is -0.730. The highest BCUT2D eigenvalue weighted by Crippen LogP contribution is 2.22. The third-order valence-corrected chi connectivity index (χ3v) is 6.47. The van der Waals surface area contributed by atoms with Crippen molar-refractivity contribution < 1.29 is 29.6 Å². The monoisotopic (exact) mass is 550 g/mol. The number of phenols is 1. The van der Waals surface area contributed by atoms with Crippen molar-refractivity contribution in [3.05, 3.63) is 94.5 Å². The number of benzene rings is 3. The van der Waals surface area contributed by atoms with E-state index in [9.17, 15) is 20.1 Å². The van der Waals surface area contributed by atoms with Gasteiger partial charge in [-0.25, -0.2) is 0 Å². The average molecular weight is 551 g/mol. The fraction of sp³-hybridized carbons (Fsp3) is 0.406. The number of carbonyl (C=O) groups is 1. The van der Waals surface area contributed by atoms with Crippen LogP contribution < -0.4 is 15.4 Å². The van der Waals surface area contributed by atoms with Crippen LogP contribution in [-0.2, 0) is 24.4 Å². The fourth-order valence-corrected chi connectivity index (χ4v) is 4.07. The van der Waals surface area contributed by atoms with Gasteiger partial charge in [0.25, 0.3) is 5.91 Å². The summed E-state index contributed by atoms with van der Waals surface area (Å²) in [4.78, 5) is 12.3. The Balaban J connectivity index is 1.30. The molecule has 40 heavy (non-hydrogen) atoms. The number of rotatable bonds is 17. The molecule has 0 radical (unpaired) electrons. The molecule has 0 saturated heterocycles. The van der Waals surface area contributed by atoms with Crippen LogP contribution in [0.2, 0.25) is 0 Å². The van der Waals surface area contributed by atoms with Gasteiger partial charge in [-0.1, -0.05) is 44.2 Å². The molecule has 0 aliphatic carbocycles. The predicted molar refractivity (Wildman–Crippen MR) is 155 cm³/mol. The molecule has 0 heterocycles. The number of aliphatic hydroxyl groups excluding tert-OH is 2. The van der Waals surface area contributed by atoms with Crippen molar-refractivity contribution in [3.63, 3.8) is 0 Å². The van der Waals surface area contributed by atoms with Gasteiger partial charge < -0.3 is 35.4 Å². The van der Waals surface area contributed by atoms with Gasteiger partial charge in [0, 0.05) is 24.2 Å². The molecule has 3 aromatic carbocycles. The van der Waals surface area contributed by atoms with Gasteiger partial charge in [0.05, 0.1) is 25.9 Å². The highest BCUT2D eigenvalue weighted by Gasteiger charge is 2.10. The summed E-state index contributed by atoms with van der Waals surface area (Å²) in [7, 11) is 0. The molecule has 5 N–H and O–H groups in total. The van der Waals surface area contributed by atoms with Gasteiger partial charge in [-0.15, -0.1) is 0 Å². The third kappa shape index (κ3) is 10.6. The van der Waals surface area contributed by atoms with Crippen LogP contribution in [0.5, 0.6) is 11.5 Å². The molecular formula is C32H42N2O6. The van der Waals surface area contributed by atoms with Gasteiger partial charge >= 0.3 is 0 Å². The normalized spacial score (nSPS) is 11.9. The Hall–Kier alpha value is -3.43. The van der Waals surface area contributed by atoms with Crippen molar-refractivity contribution in [1.82, 2.24) is 10.6 Å². The SMILES string of the molecule is CC(C)CCNC(=O)c1cccc(COCCOc2ccc(CCNC[C@H](O)c3ccc(O)c(CO)c3)cc2)c1. The Morgan fingerprint density at radius 1 is 0.950 bits per heavy atom. The van der Waals surface area contributed by atoms with Crippen molar-refractivity contribution in [2.75, 3.05) is 32.8 Å². The lowest BCUT2D eigenvalue weighted by Crippen LogP contribution is -2.25. The number of aromatic hydroxyl groups is 1. The lowest BCUT2D eigenvalue weighted by molar-refractivity contribution is 0.0886. The highest BCUT2D eigenvalue weighted by atomic mass is 16.5. The summed E-state index contributed by atoms with van der Waals surface area (Å²) in [5.74, 6) is 1.28. The van der Waals surface area contributed by atoms with Gasteiger partial charge in [-0.3, -0.25) is 4.79 Å². The Morgan fingerprint density at radius 2 is 1.75 bits per heavy atom. The zero-order valence-electron chi connectivity index (χ0n) is 23.4. The average Bonchev–Trinajstić information content (AvgIpc) is 2.96. The number of hydrogen-bond donors (Lipinski definition) is 5. The predicted octanol–water partition coefficient (Wildman–Crippen LogP) is 4.12. The molecule has 0 aliphatic rings. The Bertz CT molecular complexity index is 1180. The van der Waals surface area contributed by atoms with Crippen molar-refractivity contribution in [2.45, 2.75) is 46.0 Å². The van der Waals surface area contributed by atoms with Crippen LogP contribution in [0, 0.1) is 5.92 Å². The van der Waals surface area contributed by atoms with Gasteiger partial charge in [0.2, 0.25) is 0 Å². The Labute approximate surface area is 237 Å². The Morgan fingerprint density at radius 3 is 2.50 bits per heavy atom. The van der Waals surface area contributed by atoms with Gasteiger partial charge in [0.15, 0.2) is 0 Å². The van der Waals surface area contributed by atoms with E-state index in [-0.39, 0.29) is 18.3 Å². The second-order valence-electron chi connectivity index (χ2n) is 10.2. The largest absolute Gasteiger partial charge is 0.508 e. The maximum absolute atomic E-state index is 12.3. The van der Waals surface area contributed by atoms with Crippen molar-refractivity contribution >= 4 is 5.91 Å². The first-order valence-electron chi connectivity index (χ1n) is 13.8. The molecule has 3 rings (SSSR count). The van der Waals surface area contributed by atoms with E-state index in [4.69, 9.17) is 9.47 Å². The van der Waals surface area contributed by atoms with Crippen LogP contribution in [0.1, 0.15) is 59.0 Å². The van der Waals surface area contributed by atoms with E-state index in [1.807, 2.05) is 48.5 Å². The minimum Gasteiger partial charge on any atom is -0.508 e. The van der Waals surface area contributed by atoms with E-state index in [1.165, 1.54) is 6.07 Å². The van der Waals surface area contributed by atoms with Crippen molar-refractivity contribution in [1.29, 1.82) is 0 Å². The lowest BCUT2D eigenvalue weighted by Gasteiger charge is -2.14. The summed E-state index contributed by atoms with van der Waals surface area (Å²) in [6.07, 6.45) is 1.02. The molecule has 0 saturated carbocycles. The van der Waals surface area contributed by atoms with E-state index in [0.717, 1.165) is 29.7 Å². The number of carbonyl (C=O) groups excluding carboxylic acids is 1. The molecule has 3 aromatic rings. The van der Waals surface area contributed by atoms with E-state index < -0.39 is 6.10 Å². The molecule has 0 aliphatic heterocycles. The molecule has 8 nitrogen and oxygen atoms in total. The number of hydrogen-bond acceptors (Lipinski definition) is 7. The number of aliphatic hydroxyl groups is 2.